The molecule has 0 aromatic heterocycles. The standard InChI is InChI=1S/C21H25N3/c1-16-8-2-3-9-17(16)14-23-20-12-6-7-13-21(20)24-15-18-10-4-5-11-19(18)22/h2-5,8-11,14-15,20-21H,6-7,12-13,22H2,1H3/b23-14+,24-15+. The van der Waals surface area contributed by atoms with Gasteiger partial charge in [0.1, 0.15) is 0 Å². The first-order valence-electron chi connectivity index (χ1n) is 8.70. The molecule has 3 nitrogen and oxygen atoms in total. The van der Waals surface area contributed by atoms with E-state index in [4.69, 9.17) is 15.7 Å². The van der Waals surface area contributed by atoms with Crippen LogP contribution in [-0.4, -0.2) is 24.5 Å². The van der Waals surface area contributed by atoms with Crippen LogP contribution in [0.15, 0.2) is 58.5 Å². The summed E-state index contributed by atoms with van der Waals surface area (Å²) < 4.78 is 0. The second kappa shape index (κ2) is 7.91. The van der Waals surface area contributed by atoms with E-state index in [2.05, 4.69) is 31.2 Å². The summed E-state index contributed by atoms with van der Waals surface area (Å²) >= 11 is 0. The topological polar surface area (TPSA) is 50.7 Å². The number of nitrogen functional groups attached to an aromatic ring is 1. The Kier molecular flexibility index (Phi) is 5.42. The number of para-hydroxylation sites is 1. The quantitative estimate of drug-likeness (QED) is 0.658. The maximum Gasteiger partial charge on any atom is 0.0723 e. The van der Waals surface area contributed by atoms with Gasteiger partial charge < -0.3 is 5.73 Å². The predicted molar refractivity (Wildman–Crippen MR) is 103 cm³/mol. The van der Waals surface area contributed by atoms with Crippen molar-refractivity contribution in [2.45, 2.75) is 44.7 Å². The van der Waals surface area contributed by atoms with Crippen molar-refractivity contribution in [3.05, 3.63) is 65.2 Å². The van der Waals surface area contributed by atoms with Crippen LogP contribution in [0.25, 0.3) is 0 Å². The van der Waals surface area contributed by atoms with Gasteiger partial charge in [0.15, 0.2) is 0 Å². The third-order valence-electron chi connectivity index (χ3n) is 4.69. The summed E-state index contributed by atoms with van der Waals surface area (Å²) in [6, 6.07) is 16.7. The molecule has 0 spiro atoms. The van der Waals surface area contributed by atoms with E-state index < -0.39 is 0 Å². The second-order valence-electron chi connectivity index (χ2n) is 6.46. The van der Waals surface area contributed by atoms with Crippen LogP contribution in [-0.2, 0) is 0 Å². The molecule has 0 amide bonds. The van der Waals surface area contributed by atoms with Crippen LogP contribution in [0.5, 0.6) is 0 Å². The van der Waals surface area contributed by atoms with Gasteiger partial charge in [-0.1, -0.05) is 55.3 Å². The van der Waals surface area contributed by atoms with E-state index in [9.17, 15) is 0 Å². The zero-order valence-electron chi connectivity index (χ0n) is 14.2. The van der Waals surface area contributed by atoms with Crippen LogP contribution < -0.4 is 5.73 Å². The van der Waals surface area contributed by atoms with Crippen molar-refractivity contribution in [1.82, 2.24) is 0 Å². The summed E-state index contributed by atoms with van der Waals surface area (Å²) in [4.78, 5) is 9.67. The van der Waals surface area contributed by atoms with E-state index in [0.29, 0.717) is 0 Å². The molecule has 2 aromatic rings. The highest BCUT2D eigenvalue weighted by atomic mass is 14.9. The van der Waals surface area contributed by atoms with E-state index in [1.165, 1.54) is 24.0 Å². The van der Waals surface area contributed by atoms with E-state index in [-0.39, 0.29) is 12.1 Å². The molecule has 0 heterocycles. The van der Waals surface area contributed by atoms with Crippen LogP contribution >= 0.6 is 0 Å². The second-order valence-corrected chi connectivity index (χ2v) is 6.46. The SMILES string of the molecule is Cc1ccccc1/C=N/C1CCCCC1/N=C/c1ccccc1N. The van der Waals surface area contributed by atoms with Gasteiger partial charge in [-0.3, -0.25) is 9.98 Å². The van der Waals surface area contributed by atoms with Crippen molar-refractivity contribution in [2.75, 3.05) is 5.73 Å². The largest absolute Gasteiger partial charge is 0.398 e. The van der Waals surface area contributed by atoms with Crippen LogP contribution in [0.2, 0.25) is 0 Å². The molecule has 3 rings (SSSR count). The molecule has 1 saturated carbocycles. The first-order chi connectivity index (χ1) is 11.7. The number of benzene rings is 2. The molecule has 2 unspecified atom stereocenters. The highest BCUT2D eigenvalue weighted by molar-refractivity contribution is 5.87. The fourth-order valence-electron chi connectivity index (χ4n) is 3.15. The summed E-state index contributed by atoms with van der Waals surface area (Å²) in [5, 5.41) is 0. The van der Waals surface area contributed by atoms with Gasteiger partial charge in [-0.25, -0.2) is 0 Å². The number of rotatable bonds is 4. The number of nitrogens with zero attached hydrogens (tertiary/aromatic N) is 2. The summed E-state index contributed by atoms with van der Waals surface area (Å²) in [7, 11) is 0. The third kappa shape index (κ3) is 4.10. The first kappa shape index (κ1) is 16.4. The van der Waals surface area contributed by atoms with E-state index in [1.807, 2.05) is 36.7 Å². The predicted octanol–water partition coefficient (Wildman–Crippen LogP) is 4.43. The van der Waals surface area contributed by atoms with Gasteiger partial charge in [0.25, 0.3) is 0 Å². The van der Waals surface area contributed by atoms with Crippen LogP contribution in [0, 0.1) is 6.92 Å². The fraction of sp³-hybridized carbons (Fsp3) is 0.333. The molecular formula is C21H25N3. The summed E-state index contributed by atoms with van der Waals surface area (Å²) in [6.07, 6.45) is 8.60. The van der Waals surface area contributed by atoms with Crippen molar-refractivity contribution in [1.29, 1.82) is 0 Å². The Morgan fingerprint density at radius 3 is 2.00 bits per heavy atom. The Hall–Kier alpha value is -2.42. The molecular weight excluding hydrogens is 294 g/mol. The van der Waals surface area contributed by atoms with Gasteiger partial charge in [-0.2, -0.15) is 0 Å². The molecule has 1 aliphatic carbocycles. The zero-order valence-corrected chi connectivity index (χ0v) is 14.2. The molecule has 0 aliphatic heterocycles. The van der Waals surface area contributed by atoms with Gasteiger partial charge in [0.05, 0.1) is 12.1 Å². The minimum atomic E-state index is 0.249. The van der Waals surface area contributed by atoms with Crippen LogP contribution in [0.1, 0.15) is 42.4 Å². The first-order valence-corrected chi connectivity index (χ1v) is 8.70. The lowest BCUT2D eigenvalue weighted by atomic mass is 9.91. The summed E-state index contributed by atoms with van der Waals surface area (Å²) in [5.74, 6) is 0. The Morgan fingerprint density at radius 1 is 0.833 bits per heavy atom. The van der Waals surface area contributed by atoms with Gasteiger partial charge in [-0.05, 0) is 37.0 Å². The van der Waals surface area contributed by atoms with Gasteiger partial charge in [-0.15, -0.1) is 0 Å². The molecule has 24 heavy (non-hydrogen) atoms. The number of aliphatic imine (C=N–C) groups is 2. The zero-order chi connectivity index (χ0) is 16.8. The molecule has 0 radical (unpaired) electrons. The molecule has 2 N–H and O–H groups in total. The van der Waals surface area contributed by atoms with Crippen molar-refractivity contribution >= 4 is 18.1 Å². The molecule has 1 fully saturated rings. The van der Waals surface area contributed by atoms with E-state index in [0.717, 1.165) is 24.1 Å². The highest BCUT2D eigenvalue weighted by Crippen LogP contribution is 2.24. The lowest BCUT2D eigenvalue weighted by Crippen LogP contribution is -2.27. The van der Waals surface area contributed by atoms with E-state index >= 15 is 0 Å². The van der Waals surface area contributed by atoms with Crippen molar-refractivity contribution in [3.8, 4) is 0 Å². The van der Waals surface area contributed by atoms with Crippen molar-refractivity contribution in [2.24, 2.45) is 9.98 Å². The minimum Gasteiger partial charge on any atom is -0.398 e. The van der Waals surface area contributed by atoms with Crippen molar-refractivity contribution < 1.29 is 0 Å². The Labute approximate surface area is 144 Å². The smallest absolute Gasteiger partial charge is 0.0723 e. The summed E-state index contributed by atoms with van der Waals surface area (Å²) in [5.41, 5.74) is 10.2. The Balaban J connectivity index is 1.74. The number of nitrogens with two attached hydrogens (primary N) is 1. The van der Waals surface area contributed by atoms with Crippen LogP contribution in [0.4, 0.5) is 5.69 Å². The van der Waals surface area contributed by atoms with E-state index in [1.54, 1.807) is 0 Å². The lowest BCUT2D eigenvalue weighted by Gasteiger charge is -2.25. The molecule has 3 heteroatoms. The van der Waals surface area contributed by atoms with Crippen molar-refractivity contribution in [3.63, 3.8) is 0 Å². The number of hydrogen-bond acceptors (Lipinski definition) is 3. The maximum absolute atomic E-state index is 6.00. The molecule has 1 aliphatic rings. The Bertz CT molecular complexity index is 670. The molecule has 124 valence electrons. The highest BCUT2D eigenvalue weighted by Gasteiger charge is 2.23. The molecule has 2 atom stereocenters. The fourth-order valence-corrected chi connectivity index (χ4v) is 3.15. The lowest BCUT2D eigenvalue weighted by molar-refractivity contribution is 0.390. The average molecular weight is 319 g/mol. The normalized spacial score (nSPS) is 21.5. The van der Waals surface area contributed by atoms with Gasteiger partial charge in [0.2, 0.25) is 0 Å². The van der Waals surface area contributed by atoms with Gasteiger partial charge in [0, 0.05) is 23.7 Å². The maximum atomic E-state index is 6.00. The third-order valence-corrected chi connectivity index (χ3v) is 4.69. The van der Waals surface area contributed by atoms with Crippen LogP contribution in [0.3, 0.4) is 0 Å². The minimum absolute atomic E-state index is 0.249. The number of anilines is 1. The average Bonchev–Trinajstić information content (AvgIpc) is 2.61. The number of aryl methyl sites for hydroxylation is 1. The molecule has 0 bridgehead atoms. The molecule has 0 saturated heterocycles. The molecule has 2 aromatic carbocycles. The number of hydrogen-bond donors (Lipinski definition) is 1. The monoisotopic (exact) mass is 319 g/mol. The van der Waals surface area contributed by atoms with Gasteiger partial charge >= 0.3 is 0 Å². The summed E-state index contributed by atoms with van der Waals surface area (Å²) in [6.45, 7) is 2.12. The Morgan fingerprint density at radius 2 is 1.38 bits per heavy atom.